The van der Waals surface area contributed by atoms with Crippen molar-refractivity contribution in [3.63, 3.8) is 0 Å². The minimum atomic E-state index is -4.29. The zero-order chi connectivity index (χ0) is 18.9. The predicted molar refractivity (Wildman–Crippen MR) is 79.8 cm³/mol. The molecule has 0 bridgehead atoms. The number of anilines is 1. The van der Waals surface area contributed by atoms with E-state index in [1.807, 2.05) is 0 Å². The molecule has 8 heteroatoms. The average molecular weight is 357 g/mol. The molecule has 0 atom stereocenters. The molecule has 0 aliphatic carbocycles. The Bertz CT molecular complexity index is 834. The van der Waals surface area contributed by atoms with Gasteiger partial charge in [0.1, 0.15) is 0 Å². The summed E-state index contributed by atoms with van der Waals surface area (Å²) in [6.07, 6.45) is 0. The van der Waals surface area contributed by atoms with Crippen LogP contribution in [0.25, 0.3) is 0 Å². The predicted octanol–water partition coefficient (Wildman–Crippen LogP) is 4.41. The molecule has 1 amide bonds. The molecule has 2 rings (SSSR count). The van der Waals surface area contributed by atoms with Gasteiger partial charge >= 0.3 is 6.05 Å². The largest absolute Gasteiger partial charge is 0.361 e. The molecule has 132 valence electrons. The van der Waals surface area contributed by atoms with Crippen molar-refractivity contribution in [1.29, 1.82) is 0 Å². The number of nitrogens with zero attached hydrogens (tertiary/aromatic N) is 1. The van der Waals surface area contributed by atoms with Crippen molar-refractivity contribution >= 4 is 17.4 Å². The molecule has 0 fully saturated rings. The topological polar surface area (TPSA) is 37.4 Å². The van der Waals surface area contributed by atoms with Crippen molar-refractivity contribution in [2.75, 3.05) is 4.90 Å². The van der Waals surface area contributed by atoms with E-state index in [1.165, 1.54) is 19.1 Å². The number of benzene rings is 2. The first-order chi connectivity index (χ1) is 11.6. The van der Waals surface area contributed by atoms with Crippen molar-refractivity contribution in [2.45, 2.75) is 19.9 Å². The smallest absolute Gasteiger partial charge is 0.295 e. The minimum absolute atomic E-state index is 0.0628. The number of carbonyl (C=O) groups is 2. The number of hydrogen-bond donors (Lipinski definition) is 0. The van der Waals surface area contributed by atoms with Crippen LogP contribution < -0.4 is 4.90 Å². The SMILES string of the molecule is CC(=O)c1ccc(N(C(C)=O)C(F)(F)c2ccc(F)c(F)c2F)cc1. The van der Waals surface area contributed by atoms with E-state index < -0.39 is 35.0 Å². The summed E-state index contributed by atoms with van der Waals surface area (Å²) in [5, 5.41) is 0. The van der Waals surface area contributed by atoms with Gasteiger partial charge in [0, 0.05) is 18.2 Å². The summed E-state index contributed by atoms with van der Waals surface area (Å²) in [5.41, 5.74) is -1.61. The van der Waals surface area contributed by atoms with Gasteiger partial charge in [-0.25, -0.2) is 18.1 Å². The molecule has 0 spiro atoms. The number of halogens is 5. The Balaban J connectivity index is 2.57. The van der Waals surface area contributed by atoms with Crippen LogP contribution in [0.5, 0.6) is 0 Å². The third-order valence-corrected chi connectivity index (χ3v) is 3.49. The van der Waals surface area contributed by atoms with Crippen LogP contribution in [0.3, 0.4) is 0 Å². The lowest BCUT2D eigenvalue weighted by atomic mass is 10.1. The third kappa shape index (κ3) is 3.38. The highest BCUT2D eigenvalue weighted by Crippen LogP contribution is 2.38. The Morgan fingerprint density at radius 2 is 1.44 bits per heavy atom. The molecule has 0 unspecified atom stereocenters. The lowest BCUT2D eigenvalue weighted by Gasteiger charge is -2.31. The second-order valence-corrected chi connectivity index (χ2v) is 5.22. The van der Waals surface area contributed by atoms with E-state index in [0.29, 0.717) is 12.1 Å². The first-order valence-corrected chi connectivity index (χ1v) is 7.01. The van der Waals surface area contributed by atoms with Crippen LogP contribution in [0.15, 0.2) is 36.4 Å². The van der Waals surface area contributed by atoms with Crippen molar-refractivity contribution in [2.24, 2.45) is 0 Å². The number of rotatable bonds is 4. The van der Waals surface area contributed by atoms with Crippen molar-refractivity contribution < 1.29 is 31.5 Å². The lowest BCUT2D eigenvalue weighted by Crippen LogP contribution is -2.43. The molecule has 25 heavy (non-hydrogen) atoms. The lowest BCUT2D eigenvalue weighted by molar-refractivity contribution is -0.124. The molecule has 3 nitrogen and oxygen atoms in total. The number of ketones is 1. The number of hydrogen-bond acceptors (Lipinski definition) is 2. The van der Waals surface area contributed by atoms with Crippen LogP contribution in [-0.4, -0.2) is 11.7 Å². The summed E-state index contributed by atoms with van der Waals surface area (Å²) in [5.74, 6) is -7.26. The molecule has 0 heterocycles. The maximum absolute atomic E-state index is 14.7. The summed E-state index contributed by atoms with van der Waals surface area (Å²) in [4.78, 5) is 22.9. The molecule has 0 radical (unpaired) electrons. The molecule has 0 aromatic heterocycles. The van der Waals surface area contributed by atoms with Gasteiger partial charge in [0.2, 0.25) is 5.91 Å². The van der Waals surface area contributed by atoms with Crippen LogP contribution in [0.2, 0.25) is 0 Å². The van der Waals surface area contributed by atoms with Gasteiger partial charge in [0.25, 0.3) is 0 Å². The van der Waals surface area contributed by atoms with Crippen LogP contribution in [0.1, 0.15) is 29.8 Å². The molecule has 2 aromatic rings. The van der Waals surface area contributed by atoms with E-state index >= 15 is 0 Å². The first kappa shape index (κ1) is 18.6. The summed E-state index contributed by atoms with van der Waals surface area (Å²) in [6.45, 7) is 2.08. The monoisotopic (exact) mass is 357 g/mol. The Morgan fingerprint density at radius 1 is 0.880 bits per heavy atom. The second kappa shape index (κ2) is 6.62. The number of Topliss-reactive ketones (excluding diaryl/α,β-unsaturated/α-hetero) is 1. The molecule has 0 N–H and O–H groups in total. The highest BCUT2D eigenvalue weighted by Gasteiger charge is 2.45. The first-order valence-electron chi connectivity index (χ1n) is 7.01. The van der Waals surface area contributed by atoms with Gasteiger partial charge in [-0.15, -0.1) is 0 Å². The quantitative estimate of drug-likeness (QED) is 0.352. The minimum Gasteiger partial charge on any atom is -0.295 e. The van der Waals surface area contributed by atoms with Gasteiger partial charge in [0.15, 0.2) is 23.2 Å². The molecule has 2 aromatic carbocycles. The Hall–Kier alpha value is -2.77. The van der Waals surface area contributed by atoms with Crippen molar-refractivity contribution in [3.8, 4) is 0 Å². The third-order valence-electron chi connectivity index (χ3n) is 3.49. The van der Waals surface area contributed by atoms with E-state index in [0.717, 1.165) is 19.1 Å². The van der Waals surface area contributed by atoms with Gasteiger partial charge in [0.05, 0.1) is 5.56 Å². The standard InChI is InChI=1S/C17H12F5NO2/c1-9(24)11-3-5-12(6-4-11)23(10(2)25)17(21,22)13-7-8-14(18)16(20)15(13)19/h3-8H,1-2H3. The molecule has 0 saturated carbocycles. The summed E-state index contributed by atoms with van der Waals surface area (Å²) in [6, 6.07) is 0.999. The summed E-state index contributed by atoms with van der Waals surface area (Å²) >= 11 is 0. The zero-order valence-electron chi connectivity index (χ0n) is 13.1. The molecule has 0 saturated heterocycles. The molecular weight excluding hydrogens is 345 g/mol. The van der Waals surface area contributed by atoms with E-state index in [1.54, 1.807) is 0 Å². The normalized spacial score (nSPS) is 11.3. The van der Waals surface area contributed by atoms with E-state index in [2.05, 4.69) is 0 Å². The molecular formula is C17H12F5NO2. The fourth-order valence-electron chi connectivity index (χ4n) is 2.27. The fraction of sp³-hybridized carbons (Fsp3) is 0.176. The Kier molecular flexibility index (Phi) is 4.92. The maximum atomic E-state index is 14.7. The van der Waals surface area contributed by atoms with E-state index in [4.69, 9.17) is 0 Å². The van der Waals surface area contributed by atoms with Crippen molar-refractivity contribution in [1.82, 2.24) is 0 Å². The van der Waals surface area contributed by atoms with Crippen LogP contribution in [-0.2, 0) is 10.8 Å². The number of amides is 1. The van der Waals surface area contributed by atoms with Gasteiger partial charge in [-0.1, -0.05) is 0 Å². The van der Waals surface area contributed by atoms with Crippen LogP contribution >= 0.6 is 0 Å². The zero-order valence-corrected chi connectivity index (χ0v) is 13.1. The number of alkyl halides is 2. The van der Waals surface area contributed by atoms with Crippen LogP contribution in [0.4, 0.5) is 27.6 Å². The van der Waals surface area contributed by atoms with Crippen LogP contribution in [0, 0.1) is 17.5 Å². The van der Waals surface area contributed by atoms with E-state index in [-0.39, 0.29) is 21.9 Å². The highest BCUT2D eigenvalue weighted by atomic mass is 19.3. The van der Waals surface area contributed by atoms with Gasteiger partial charge in [-0.2, -0.15) is 8.78 Å². The maximum Gasteiger partial charge on any atom is 0.361 e. The highest BCUT2D eigenvalue weighted by molar-refractivity contribution is 5.96. The van der Waals surface area contributed by atoms with Gasteiger partial charge < -0.3 is 0 Å². The van der Waals surface area contributed by atoms with Crippen molar-refractivity contribution in [3.05, 3.63) is 65.0 Å². The summed E-state index contributed by atoms with van der Waals surface area (Å²) < 4.78 is 69.5. The Morgan fingerprint density at radius 3 is 1.92 bits per heavy atom. The molecule has 0 aliphatic rings. The van der Waals surface area contributed by atoms with Gasteiger partial charge in [-0.3, -0.25) is 9.59 Å². The van der Waals surface area contributed by atoms with Gasteiger partial charge in [-0.05, 0) is 43.3 Å². The fourth-order valence-corrected chi connectivity index (χ4v) is 2.27. The summed E-state index contributed by atoms with van der Waals surface area (Å²) in [7, 11) is 0. The van der Waals surface area contributed by atoms with E-state index in [9.17, 15) is 31.5 Å². The average Bonchev–Trinajstić information content (AvgIpc) is 2.52. The molecule has 0 aliphatic heterocycles. The second-order valence-electron chi connectivity index (χ2n) is 5.22. The number of carbonyl (C=O) groups excluding carboxylic acids is 2. The Labute approximate surface area is 139 Å².